The first-order valence-corrected chi connectivity index (χ1v) is 12.1. The van der Waals surface area contributed by atoms with Gasteiger partial charge in [-0.1, -0.05) is 12.6 Å². The monoisotopic (exact) mass is 519 g/mol. The molecular weight excluding hydrogens is 495 g/mol. The molecule has 0 spiro atoms. The quantitative estimate of drug-likeness (QED) is 0.175. The molecule has 2 N–H and O–H groups in total. The minimum Gasteiger partial charge on any atom is -0.496 e. The van der Waals surface area contributed by atoms with Crippen molar-refractivity contribution >= 4 is 27.1 Å². The van der Waals surface area contributed by atoms with Crippen LogP contribution in [-0.4, -0.2) is 31.3 Å². The van der Waals surface area contributed by atoms with Crippen LogP contribution in [0.25, 0.3) is 5.57 Å². The van der Waals surface area contributed by atoms with Crippen molar-refractivity contribution in [2.45, 2.75) is 31.8 Å². The molecule has 0 unspecified atom stereocenters. The minimum absolute atomic E-state index is 0.0812. The zero-order valence-corrected chi connectivity index (χ0v) is 20.8. The van der Waals surface area contributed by atoms with Crippen LogP contribution in [0.2, 0.25) is 0 Å². The lowest BCUT2D eigenvalue weighted by Crippen LogP contribution is -2.19. The number of aromatic nitrogens is 2. The SMILES string of the molecule is C=C/C(OC)=C(/C(=O)c1ncc(C)cc1NS(=O)(=O)c1ccc(C)c(C(F)(F)F)c1)c1cc[nH]c1C. The third-order valence-electron chi connectivity index (χ3n) is 5.41. The molecule has 0 aliphatic rings. The summed E-state index contributed by atoms with van der Waals surface area (Å²) in [6.45, 7) is 8.27. The lowest BCUT2D eigenvalue weighted by atomic mass is 9.97. The van der Waals surface area contributed by atoms with Gasteiger partial charge in [-0.15, -0.1) is 0 Å². The Morgan fingerprint density at radius 2 is 1.86 bits per heavy atom. The second-order valence-corrected chi connectivity index (χ2v) is 9.66. The van der Waals surface area contributed by atoms with Crippen LogP contribution in [0.4, 0.5) is 18.9 Å². The number of pyridine rings is 1. The number of hydrogen-bond acceptors (Lipinski definition) is 5. The number of anilines is 1. The molecule has 0 saturated carbocycles. The van der Waals surface area contributed by atoms with E-state index in [0.29, 0.717) is 22.9 Å². The van der Waals surface area contributed by atoms with E-state index in [1.54, 1.807) is 26.1 Å². The zero-order chi connectivity index (χ0) is 26.8. The Morgan fingerprint density at radius 3 is 2.42 bits per heavy atom. The van der Waals surface area contributed by atoms with Gasteiger partial charge in [0.1, 0.15) is 11.5 Å². The Bertz CT molecular complexity index is 1470. The van der Waals surface area contributed by atoms with Gasteiger partial charge in [0.05, 0.1) is 28.8 Å². The van der Waals surface area contributed by atoms with Gasteiger partial charge in [0.2, 0.25) is 5.78 Å². The maximum Gasteiger partial charge on any atom is 0.416 e. The number of H-pyrrole nitrogens is 1. The van der Waals surface area contributed by atoms with Crippen molar-refractivity contribution in [2.75, 3.05) is 11.8 Å². The van der Waals surface area contributed by atoms with Crippen molar-refractivity contribution in [1.82, 2.24) is 9.97 Å². The van der Waals surface area contributed by atoms with E-state index in [-0.39, 0.29) is 28.3 Å². The molecule has 0 bridgehead atoms. The fourth-order valence-corrected chi connectivity index (χ4v) is 4.68. The van der Waals surface area contributed by atoms with Crippen LogP contribution in [0, 0.1) is 20.8 Å². The van der Waals surface area contributed by atoms with Crippen molar-refractivity contribution in [1.29, 1.82) is 0 Å². The van der Waals surface area contributed by atoms with E-state index in [0.717, 1.165) is 12.1 Å². The largest absolute Gasteiger partial charge is 0.496 e. The number of rotatable bonds is 8. The summed E-state index contributed by atoms with van der Waals surface area (Å²) in [7, 11) is -3.17. The third kappa shape index (κ3) is 5.35. The van der Waals surface area contributed by atoms with E-state index in [1.165, 1.54) is 32.4 Å². The van der Waals surface area contributed by atoms with Crippen LogP contribution in [0.1, 0.15) is 38.4 Å². The van der Waals surface area contributed by atoms with E-state index in [2.05, 4.69) is 21.3 Å². The molecule has 36 heavy (non-hydrogen) atoms. The number of hydrogen-bond donors (Lipinski definition) is 2. The lowest BCUT2D eigenvalue weighted by Gasteiger charge is -2.16. The van der Waals surface area contributed by atoms with Crippen LogP contribution in [0.5, 0.6) is 0 Å². The van der Waals surface area contributed by atoms with Gasteiger partial charge in [0, 0.05) is 23.7 Å². The summed E-state index contributed by atoms with van der Waals surface area (Å²) in [4.78, 5) is 20.2. The highest BCUT2D eigenvalue weighted by atomic mass is 32.2. The molecule has 7 nitrogen and oxygen atoms in total. The molecule has 0 radical (unpaired) electrons. The van der Waals surface area contributed by atoms with E-state index in [1.807, 2.05) is 0 Å². The van der Waals surface area contributed by atoms with Crippen LogP contribution in [0.15, 0.2) is 66.0 Å². The van der Waals surface area contributed by atoms with E-state index in [9.17, 15) is 26.4 Å². The van der Waals surface area contributed by atoms with Gasteiger partial charge in [-0.05, 0) is 62.2 Å². The smallest absolute Gasteiger partial charge is 0.416 e. The summed E-state index contributed by atoms with van der Waals surface area (Å²) in [5, 5.41) is 0. The second kappa shape index (κ2) is 10.0. The molecule has 190 valence electrons. The van der Waals surface area contributed by atoms with E-state index < -0.39 is 32.4 Å². The zero-order valence-electron chi connectivity index (χ0n) is 19.9. The number of benzene rings is 1. The van der Waals surface area contributed by atoms with Crippen molar-refractivity contribution < 1.29 is 31.1 Å². The predicted molar refractivity (Wildman–Crippen MR) is 130 cm³/mol. The lowest BCUT2D eigenvalue weighted by molar-refractivity contribution is -0.138. The molecular formula is C25H24F3N3O4S. The summed E-state index contributed by atoms with van der Waals surface area (Å²) in [5.74, 6) is -0.542. The normalized spacial score (nSPS) is 12.6. The van der Waals surface area contributed by atoms with Crippen LogP contribution < -0.4 is 4.72 Å². The maximum atomic E-state index is 13.7. The summed E-state index contributed by atoms with van der Waals surface area (Å²) in [5.41, 5.74) is 0.0693. The average Bonchev–Trinajstić information content (AvgIpc) is 3.21. The Kier molecular flexibility index (Phi) is 7.44. The predicted octanol–water partition coefficient (Wildman–Crippen LogP) is 5.58. The number of ether oxygens (including phenoxy) is 1. The Labute approximate surface area is 206 Å². The topological polar surface area (TPSA) is 101 Å². The molecule has 0 aliphatic carbocycles. The number of aromatic amines is 1. The summed E-state index contributed by atoms with van der Waals surface area (Å²) < 4.78 is 73.9. The number of carbonyl (C=O) groups is 1. The number of halogens is 3. The number of aryl methyl sites for hydroxylation is 3. The molecule has 1 aromatic carbocycles. The van der Waals surface area contributed by atoms with Gasteiger partial charge in [-0.25, -0.2) is 8.42 Å². The molecule has 0 aliphatic heterocycles. The maximum absolute atomic E-state index is 13.7. The van der Waals surface area contributed by atoms with Gasteiger partial charge < -0.3 is 9.72 Å². The fourth-order valence-electron chi connectivity index (χ4n) is 3.60. The molecule has 3 rings (SSSR count). The first-order chi connectivity index (χ1) is 16.8. The Hall–Kier alpha value is -3.86. The van der Waals surface area contributed by atoms with E-state index in [4.69, 9.17) is 4.74 Å². The summed E-state index contributed by atoms with van der Waals surface area (Å²) >= 11 is 0. The number of sulfonamides is 1. The Morgan fingerprint density at radius 1 is 1.17 bits per heavy atom. The highest BCUT2D eigenvalue weighted by molar-refractivity contribution is 7.92. The third-order valence-corrected chi connectivity index (χ3v) is 6.77. The van der Waals surface area contributed by atoms with Crippen LogP contribution in [0.3, 0.4) is 0 Å². The fraction of sp³-hybridized carbons (Fsp3) is 0.200. The average molecular weight is 520 g/mol. The number of methoxy groups -OCH3 is 1. The molecule has 2 aromatic heterocycles. The minimum atomic E-state index is -4.74. The molecule has 0 atom stereocenters. The standard InChI is InChI=1S/C25H24F3N3O4S/c1-6-21(35-5)22(18-9-10-29-16(18)4)24(32)23-20(11-14(2)13-30-23)31-36(33,34)17-8-7-15(3)19(12-17)25(26,27)28/h6-13,29,31H,1H2,2-5H3/b22-21-. The van der Waals surface area contributed by atoms with E-state index >= 15 is 0 Å². The number of carbonyl (C=O) groups excluding carboxylic acids is 1. The number of ketones is 1. The molecule has 2 heterocycles. The Balaban J connectivity index is 2.15. The summed E-state index contributed by atoms with van der Waals surface area (Å²) in [6, 6.07) is 5.71. The number of allylic oxidation sites excluding steroid dienone is 2. The summed E-state index contributed by atoms with van der Waals surface area (Å²) in [6.07, 6.45) is -0.406. The number of nitrogens with one attached hydrogen (secondary N) is 2. The van der Waals surface area contributed by atoms with Crippen molar-refractivity contribution in [2.24, 2.45) is 0 Å². The van der Waals surface area contributed by atoms with Crippen molar-refractivity contribution in [3.8, 4) is 0 Å². The van der Waals surface area contributed by atoms with Crippen molar-refractivity contribution in [3.63, 3.8) is 0 Å². The molecule has 0 saturated heterocycles. The van der Waals surface area contributed by atoms with Gasteiger partial charge >= 0.3 is 6.18 Å². The second-order valence-electron chi connectivity index (χ2n) is 7.98. The first kappa shape index (κ1) is 26.7. The highest BCUT2D eigenvalue weighted by Crippen LogP contribution is 2.34. The molecule has 11 heteroatoms. The molecule has 0 fully saturated rings. The molecule has 0 amide bonds. The number of Topliss-reactive ketones (excluding diaryl/α,β-unsaturated/α-hetero) is 1. The van der Waals surface area contributed by atoms with Gasteiger partial charge in [0.25, 0.3) is 10.0 Å². The van der Waals surface area contributed by atoms with Gasteiger partial charge in [0.15, 0.2) is 0 Å². The molecule has 3 aromatic rings. The number of nitrogens with zero attached hydrogens (tertiary/aromatic N) is 1. The van der Waals surface area contributed by atoms with Gasteiger partial charge in [-0.2, -0.15) is 13.2 Å². The van der Waals surface area contributed by atoms with Gasteiger partial charge in [-0.3, -0.25) is 14.5 Å². The number of alkyl halides is 3. The van der Waals surface area contributed by atoms with Crippen molar-refractivity contribution in [3.05, 3.63) is 94.8 Å². The van der Waals surface area contributed by atoms with Crippen LogP contribution >= 0.6 is 0 Å². The highest BCUT2D eigenvalue weighted by Gasteiger charge is 2.34. The van der Waals surface area contributed by atoms with Crippen LogP contribution in [-0.2, 0) is 20.9 Å². The first-order valence-electron chi connectivity index (χ1n) is 10.6.